The van der Waals surface area contributed by atoms with Crippen molar-refractivity contribution in [3.8, 4) is 0 Å². The van der Waals surface area contributed by atoms with Crippen LogP contribution in [-0.4, -0.2) is 25.0 Å². The van der Waals surface area contributed by atoms with Crippen LogP contribution in [0.15, 0.2) is 24.3 Å². The SMILES string of the molecule is CCNC(=O)C1Cc2ccccc2N2CCCC12. The summed E-state index contributed by atoms with van der Waals surface area (Å²) < 4.78 is 0. The van der Waals surface area contributed by atoms with E-state index in [2.05, 4.69) is 34.5 Å². The second-order valence-electron chi connectivity index (χ2n) is 5.24. The highest BCUT2D eigenvalue weighted by Crippen LogP contribution is 2.39. The van der Waals surface area contributed by atoms with Gasteiger partial charge in [-0.15, -0.1) is 0 Å². The Morgan fingerprint density at radius 1 is 1.44 bits per heavy atom. The minimum absolute atomic E-state index is 0.127. The second kappa shape index (κ2) is 4.63. The molecule has 1 fully saturated rings. The molecule has 0 aromatic heterocycles. The molecule has 1 N–H and O–H groups in total. The van der Waals surface area contributed by atoms with Crippen molar-refractivity contribution in [2.75, 3.05) is 18.0 Å². The van der Waals surface area contributed by atoms with Crippen LogP contribution in [0.3, 0.4) is 0 Å². The first kappa shape index (κ1) is 11.6. The van der Waals surface area contributed by atoms with E-state index >= 15 is 0 Å². The number of para-hydroxylation sites is 1. The van der Waals surface area contributed by atoms with Crippen molar-refractivity contribution in [3.05, 3.63) is 29.8 Å². The summed E-state index contributed by atoms with van der Waals surface area (Å²) in [4.78, 5) is 14.7. The van der Waals surface area contributed by atoms with Gasteiger partial charge in [0, 0.05) is 24.8 Å². The van der Waals surface area contributed by atoms with Crippen molar-refractivity contribution in [1.29, 1.82) is 0 Å². The molecule has 2 heterocycles. The topological polar surface area (TPSA) is 32.3 Å². The fourth-order valence-corrected chi connectivity index (χ4v) is 3.42. The first-order valence-corrected chi connectivity index (χ1v) is 6.93. The molecular weight excluding hydrogens is 224 g/mol. The van der Waals surface area contributed by atoms with Gasteiger partial charge in [-0.05, 0) is 37.8 Å². The Kier molecular flexibility index (Phi) is 2.98. The van der Waals surface area contributed by atoms with E-state index in [4.69, 9.17) is 0 Å². The summed E-state index contributed by atoms with van der Waals surface area (Å²) in [7, 11) is 0. The molecule has 1 saturated heterocycles. The maximum absolute atomic E-state index is 12.2. The molecule has 3 heteroatoms. The van der Waals surface area contributed by atoms with Gasteiger partial charge in [0.25, 0.3) is 0 Å². The summed E-state index contributed by atoms with van der Waals surface area (Å²) in [6, 6.07) is 8.94. The van der Waals surface area contributed by atoms with Gasteiger partial charge in [-0.3, -0.25) is 4.79 Å². The lowest BCUT2D eigenvalue weighted by molar-refractivity contribution is -0.125. The molecule has 0 spiro atoms. The number of rotatable bonds is 2. The molecule has 1 amide bonds. The Morgan fingerprint density at radius 3 is 3.11 bits per heavy atom. The van der Waals surface area contributed by atoms with E-state index < -0.39 is 0 Å². The van der Waals surface area contributed by atoms with E-state index in [1.54, 1.807) is 0 Å². The third kappa shape index (κ3) is 1.78. The lowest BCUT2D eigenvalue weighted by Gasteiger charge is -2.38. The number of carbonyl (C=O) groups is 1. The summed E-state index contributed by atoms with van der Waals surface area (Å²) in [5.41, 5.74) is 2.67. The molecule has 2 unspecified atom stereocenters. The lowest BCUT2D eigenvalue weighted by Crippen LogP contribution is -2.48. The minimum Gasteiger partial charge on any atom is -0.368 e. The molecule has 0 saturated carbocycles. The van der Waals surface area contributed by atoms with Crippen LogP contribution in [0.4, 0.5) is 5.69 Å². The molecule has 18 heavy (non-hydrogen) atoms. The van der Waals surface area contributed by atoms with Crippen molar-refractivity contribution in [3.63, 3.8) is 0 Å². The van der Waals surface area contributed by atoms with Gasteiger partial charge in [0.15, 0.2) is 0 Å². The number of hydrogen-bond donors (Lipinski definition) is 1. The fraction of sp³-hybridized carbons (Fsp3) is 0.533. The Morgan fingerprint density at radius 2 is 2.28 bits per heavy atom. The first-order valence-electron chi connectivity index (χ1n) is 6.93. The third-order valence-electron chi connectivity index (χ3n) is 4.19. The summed E-state index contributed by atoms with van der Waals surface area (Å²) in [5.74, 6) is 0.353. The quantitative estimate of drug-likeness (QED) is 0.862. The van der Waals surface area contributed by atoms with E-state index in [-0.39, 0.29) is 11.8 Å². The Labute approximate surface area is 108 Å². The van der Waals surface area contributed by atoms with Crippen molar-refractivity contribution >= 4 is 11.6 Å². The number of benzene rings is 1. The molecule has 0 bridgehead atoms. The van der Waals surface area contributed by atoms with Gasteiger partial charge >= 0.3 is 0 Å². The number of carbonyl (C=O) groups excluding carboxylic acids is 1. The zero-order valence-corrected chi connectivity index (χ0v) is 10.9. The zero-order chi connectivity index (χ0) is 12.5. The molecule has 2 atom stereocenters. The average molecular weight is 244 g/mol. The predicted octanol–water partition coefficient (Wildman–Crippen LogP) is 1.96. The largest absolute Gasteiger partial charge is 0.368 e. The standard InChI is InChI=1S/C15H20N2O/c1-2-16-15(18)12-10-11-6-3-4-7-13(11)17-9-5-8-14(12)17/h3-4,6-7,12,14H,2,5,8-10H2,1H3,(H,16,18). The number of nitrogens with zero attached hydrogens (tertiary/aromatic N) is 1. The number of nitrogens with one attached hydrogen (secondary N) is 1. The fourth-order valence-electron chi connectivity index (χ4n) is 3.42. The maximum Gasteiger partial charge on any atom is 0.225 e. The van der Waals surface area contributed by atoms with Crippen molar-refractivity contribution < 1.29 is 4.79 Å². The highest BCUT2D eigenvalue weighted by atomic mass is 16.1. The van der Waals surface area contributed by atoms with Crippen LogP contribution in [0.2, 0.25) is 0 Å². The summed E-state index contributed by atoms with van der Waals surface area (Å²) >= 11 is 0. The van der Waals surface area contributed by atoms with Gasteiger partial charge in [0.1, 0.15) is 0 Å². The molecule has 1 aromatic rings. The number of anilines is 1. The molecule has 96 valence electrons. The van der Waals surface area contributed by atoms with Gasteiger partial charge < -0.3 is 10.2 Å². The van der Waals surface area contributed by atoms with E-state index in [0.29, 0.717) is 6.04 Å². The van der Waals surface area contributed by atoms with Gasteiger partial charge in [-0.1, -0.05) is 18.2 Å². The third-order valence-corrected chi connectivity index (χ3v) is 4.19. The molecule has 3 rings (SSSR count). The summed E-state index contributed by atoms with van der Waals surface area (Å²) in [5, 5.41) is 2.99. The maximum atomic E-state index is 12.2. The highest BCUT2D eigenvalue weighted by molar-refractivity contribution is 5.82. The molecule has 2 aliphatic rings. The van der Waals surface area contributed by atoms with Crippen molar-refractivity contribution in [1.82, 2.24) is 5.32 Å². The second-order valence-corrected chi connectivity index (χ2v) is 5.24. The van der Waals surface area contributed by atoms with E-state index in [9.17, 15) is 4.79 Å². The normalized spacial score (nSPS) is 25.5. The lowest BCUT2D eigenvalue weighted by atomic mass is 9.85. The first-order chi connectivity index (χ1) is 8.81. The number of hydrogen-bond acceptors (Lipinski definition) is 2. The van der Waals surface area contributed by atoms with Gasteiger partial charge in [-0.25, -0.2) is 0 Å². The Hall–Kier alpha value is -1.51. The van der Waals surface area contributed by atoms with Crippen LogP contribution >= 0.6 is 0 Å². The van der Waals surface area contributed by atoms with Crippen LogP contribution in [-0.2, 0) is 11.2 Å². The smallest absolute Gasteiger partial charge is 0.225 e. The average Bonchev–Trinajstić information content (AvgIpc) is 2.87. The number of amides is 1. The molecule has 1 aromatic carbocycles. The molecule has 0 aliphatic carbocycles. The van der Waals surface area contributed by atoms with Crippen LogP contribution in [0.5, 0.6) is 0 Å². The minimum atomic E-state index is 0.127. The van der Waals surface area contributed by atoms with Crippen LogP contribution in [0, 0.1) is 5.92 Å². The zero-order valence-electron chi connectivity index (χ0n) is 10.9. The van der Waals surface area contributed by atoms with E-state index in [0.717, 1.165) is 25.9 Å². The van der Waals surface area contributed by atoms with Crippen LogP contribution in [0.1, 0.15) is 25.3 Å². The molecule has 2 aliphatic heterocycles. The predicted molar refractivity (Wildman–Crippen MR) is 72.7 cm³/mol. The molecule has 3 nitrogen and oxygen atoms in total. The number of fused-ring (bicyclic) bond motifs is 3. The van der Waals surface area contributed by atoms with Crippen LogP contribution < -0.4 is 10.2 Å². The molecular formula is C15H20N2O. The molecule has 0 radical (unpaired) electrons. The summed E-state index contributed by atoms with van der Waals surface area (Å²) in [6.07, 6.45) is 3.24. The van der Waals surface area contributed by atoms with Gasteiger partial charge in [-0.2, -0.15) is 0 Å². The van der Waals surface area contributed by atoms with Crippen molar-refractivity contribution in [2.45, 2.75) is 32.2 Å². The highest BCUT2D eigenvalue weighted by Gasteiger charge is 2.40. The van der Waals surface area contributed by atoms with Crippen LogP contribution in [0.25, 0.3) is 0 Å². The monoisotopic (exact) mass is 244 g/mol. The van der Waals surface area contributed by atoms with Crippen molar-refractivity contribution in [2.24, 2.45) is 5.92 Å². The summed E-state index contributed by atoms with van der Waals surface area (Å²) in [6.45, 7) is 3.81. The van der Waals surface area contributed by atoms with E-state index in [1.807, 2.05) is 6.92 Å². The Balaban J connectivity index is 1.93. The van der Waals surface area contributed by atoms with Gasteiger partial charge in [0.2, 0.25) is 5.91 Å². The van der Waals surface area contributed by atoms with E-state index in [1.165, 1.54) is 17.7 Å². The van der Waals surface area contributed by atoms with Gasteiger partial charge in [0.05, 0.1) is 5.92 Å². The Bertz CT molecular complexity index is 458.